The predicted molar refractivity (Wildman–Crippen MR) is 123 cm³/mol. The van der Waals surface area contributed by atoms with Crippen molar-refractivity contribution in [1.82, 2.24) is 21.5 Å². The van der Waals surface area contributed by atoms with Crippen molar-refractivity contribution in [3.05, 3.63) is 0 Å². The molecule has 4 rings (SSSR count). The van der Waals surface area contributed by atoms with Crippen LogP contribution < -0.4 is 21.5 Å². The Labute approximate surface area is 192 Å². The number of sulfone groups is 2. The summed E-state index contributed by atoms with van der Waals surface area (Å²) in [6, 6.07) is 0. The van der Waals surface area contributed by atoms with Crippen LogP contribution in [0.4, 0.5) is 0 Å². The number of fused-ring (bicyclic) bond motifs is 1. The standard InChI is InChI=1S/C21H38N4O5S2/c1-31(27,28)18-4-2-3-5-19(18)32(29,30)17-8-6-14(7-9-17)11-23-21(26)16-10-15-13-24-25-20(15)22-12-16/h14-20,22,24-25H,2-13H2,1H3,(H,23,26). The van der Waals surface area contributed by atoms with Gasteiger partial charge in [-0.3, -0.25) is 15.5 Å². The molecule has 4 fully saturated rings. The zero-order valence-corrected chi connectivity index (χ0v) is 20.5. The maximum atomic E-state index is 13.3. The van der Waals surface area contributed by atoms with E-state index in [1.54, 1.807) is 0 Å². The monoisotopic (exact) mass is 490 g/mol. The summed E-state index contributed by atoms with van der Waals surface area (Å²) in [6.07, 6.45) is 7.36. The van der Waals surface area contributed by atoms with Crippen LogP contribution in [0, 0.1) is 17.8 Å². The smallest absolute Gasteiger partial charge is 0.224 e. The molecule has 0 spiro atoms. The van der Waals surface area contributed by atoms with Gasteiger partial charge in [0.15, 0.2) is 19.7 Å². The van der Waals surface area contributed by atoms with Crippen molar-refractivity contribution in [3.63, 3.8) is 0 Å². The van der Waals surface area contributed by atoms with Crippen molar-refractivity contribution in [2.24, 2.45) is 17.8 Å². The van der Waals surface area contributed by atoms with E-state index < -0.39 is 35.4 Å². The molecule has 0 bridgehead atoms. The Morgan fingerprint density at radius 2 is 1.62 bits per heavy atom. The minimum Gasteiger partial charge on any atom is -0.356 e. The summed E-state index contributed by atoms with van der Waals surface area (Å²) < 4.78 is 51.0. The average molecular weight is 491 g/mol. The number of piperidine rings is 1. The van der Waals surface area contributed by atoms with Crippen LogP contribution in [0.25, 0.3) is 0 Å². The van der Waals surface area contributed by atoms with Gasteiger partial charge < -0.3 is 5.32 Å². The van der Waals surface area contributed by atoms with E-state index in [-0.39, 0.29) is 23.9 Å². The number of hydrogen-bond donors (Lipinski definition) is 4. The summed E-state index contributed by atoms with van der Waals surface area (Å²) in [5.74, 6) is 0.738. The molecule has 2 aliphatic carbocycles. The number of carbonyl (C=O) groups is 1. The summed E-state index contributed by atoms with van der Waals surface area (Å²) >= 11 is 0. The molecule has 5 unspecified atom stereocenters. The number of rotatable bonds is 6. The average Bonchev–Trinajstić information content (AvgIpc) is 3.25. The normalized spacial score (nSPS) is 38.7. The molecule has 9 nitrogen and oxygen atoms in total. The molecule has 5 atom stereocenters. The van der Waals surface area contributed by atoms with Crippen LogP contribution in [0.2, 0.25) is 0 Å². The van der Waals surface area contributed by atoms with Crippen LogP contribution in [0.1, 0.15) is 57.8 Å². The van der Waals surface area contributed by atoms with Gasteiger partial charge in [-0.05, 0) is 50.9 Å². The highest BCUT2D eigenvalue weighted by molar-refractivity contribution is 7.96. The quantitative estimate of drug-likeness (QED) is 0.412. The van der Waals surface area contributed by atoms with E-state index >= 15 is 0 Å². The third-order valence-electron chi connectivity index (χ3n) is 8.07. The second-order valence-corrected chi connectivity index (χ2v) is 15.0. The van der Waals surface area contributed by atoms with E-state index in [4.69, 9.17) is 0 Å². The zero-order valence-electron chi connectivity index (χ0n) is 18.9. The highest BCUT2D eigenvalue weighted by Crippen LogP contribution is 2.36. The summed E-state index contributed by atoms with van der Waals surface area (Å²) in [5.41, 5.74) is 6.31. The maximum Gasteiger partial charge on any atom is 0.224 e. The Hall–Kier alpha value is -0.750. The lowest BCUT2D eigenvalue weighted by atomic mass is 9.87. The van der Waals surface area contributed by atoms with E-state index in [1.165, 1.54) is 6.26 Å². The van der Waals surface area contributed by atoms with Gasteiger partial charge in [-0.1, -0.05) is 12.8 Å². The molecule has 184 valence electrons. The zero-order chi connectivity index (χ0) is 22.9. The first-order valence-corrected chi connectivity index (χ1v) is 15.6. The summed E-state index contributed by atoms with van der Waals surface area (Å²) in [5, 5.41) is 4.50. The fourth-order valence-electron chi connectivity index (χ4n) is 6.12. The van der Waals surface area contributed by atoms with Gasteiger partial charge in [0.1, 0.15) is 0 Å². The van der Waals surface area contributed by atoms with Crippen molar-refractivity contribution in [2.75, 3.05) is 25.9 Å². The highest BCUT2D eigenvalue weighted by Gasteiger charge is 2.45. The molecule has 11 heteroatoms. The van der Waals surface area contributed by atoms with Gasteiger partial charge in [0.05, 0.1) is 27.8 Å². The molecule has 1 amide bonds. The Morgan fingerprint density at radius 1 is 0.938 bits per heavy atom. The van der Waals surface area contributed by atoms with Gasteiger partial charge in [0.2, 0.25) is 5.91 Å². The molecule has 32 heavy (non-hydrogen) atoms. The van der Waals surface area contributed by atoms with Gasteiger partial charge in [0.25, 0.3) is 0 Å². The molecule has 4 N–H and O–H groups in total. The third kappa shape index (κ3) is 5.32. The molecule has 2 aliphatic heterocycles. The van der Waals surface area contributed by atoms with Crippen LogP contribution in [0.3, 0.4) is 0 Å². The molecule has 0 aromatic heterocycles. The molecule has 2 saturated carbocycles. The number of carbonyl (C=O) groups excluding carboxylic acids is 1. The first-order chi connectivity index (χ1) is 15.2. The Balaban J connectivity index is 1.26. The molecule has 2 heterocycles. The van der Waals surface area contributed by atoms with E-state index in [2.05, 4.69) is 21.5 Å². The topological polar surface area (TPSA) is 133 Å². The van der Waals surface area contributed by atoms with Crippen LogP contribution in [0.5, 0.6) is 0 Å². The highest BCUT2D eigenvalue weighted by atomic mass is 32.2. The van der Waals surface area contributed by atoms with Crippen LogP contribution >= 0.6 is 0 Å². The van der Waals surface area contributed by atoms with E-state index in [0.717, 1.165) is 38.6 Å². The van der Waals surface area contributed by atoms with Gasteiger partial charge in [-0.2, -0.15) is 0 Å². The van der Waals surface area contributed by atoms with Crippen molar-refractivity contribution >= 4 is 25.6 Å². The Bertz CT molecular complexity index is 886. The van der Waals surface area contributed by atoms with Gasteiger partial charge >= 0.3 is 0 Å². The first kappa shape index (κ1) is 24.4. The third-order valence-corrected chi connectivity index (χ3v) is 12.7. The van der Waals surface area contributed by atoms with Crippen molar-refractivity contribution in [3.8, 4) is 0 Å². The maximum absolute atomic E-state index is 13.3. The van der Waals surface area contributed by atoms with Crippen LogP contribution in [-0.2, 0) is 24.5 Å². The summed E-state index contributed by atoms with van der Waals surface area (Å²) in [6.45, 7) is 2.11. The van der Waals surface area contributed by atoms with E-state index in [9.17, 15) is 21.6 Å². The van der Waals surface area contributed by atoms with Crippen LogP contribution in [-0.4, -0.2) is 70.5 Å². The number of amides is 1. The van der Waals surface area contributed by atoms with Crippen LogP contribution in [0.15, 0.2) is 0 Å². The number of nitrogens with one attached hydrogen (secondary N) is 4. The Kier molecular flexibility index (Phi) is 7.51. The van der Waals surface area contributed by atoms with E-state index in [0.29, 0.717) is 44.7 Å². The predicted octanol–water partition coefficient (Wildman–Crippen LogP) is 0.0916. The minimum absolute atomic E-state index is 0.0334. The number of hydrogen-bond acceptors (Lipinski definition) is 8. The molecule has 4 aliphatic rings. The molecule has 2 saturated heterocycles. The van der Waals surface area contributed by atoms with Gasteiger partial charge in [0, 0.05) is 31.8 Å². The molecule has 0 aromatic carbocycles. The SMILES string of the molecule is CS(=O)(=O)C1CCCCC1S(=O)(=O)C1CCC(CNC(=O)C2CNC3NNCC3C2)CC1. The van der Waals surface area contributed by atoms with Crippen molar-refractivity contribution in [2.45, 2.75) is 79.7 Å². The molecule has 0 radical (unpaired) electrons. The lowest BCUT2D eigenvalue weighted by Gasteiger charge is -2.36. The Morgan fingerprint density at radius 3 is 2.31 bits per heavy atom. The largest absolute Gasteiger partial charge is 0.356 e. The first-order valence-electron chi connectivity index (χ1n) is 12.1. The fraction of sp³-hybridized carbons (Fsp3) is 0.952. The molecular formula is C21H38N4O5S2. The summed E-state index contributed by atoms with van der Waals surface area (Å²) in [7, 11) is -6.87. The van der Waals surface area contributed by atoms with Crippen molar-refractivity contribution in [1.29, 1.82) is 0 Å². The second kappa shape index (κ2) is 9.85. The van der Waals surface area contributed by atoms with Gasteiger partial charge in [-0.25, -0.2) is 22.3 Å². The van der Waals surface area contributed by atoms with Gasteiger partial charge in [-0.15, -0.1) is 0 Å². The minimum atomic E-state index is -3.48. The summed E-state index contributed by atoms with van der Waals surface area (Å²) in [4.78, 5) is 12.6. The lowest BCUT2D eigenvalue weighted by Crippen LogP contribution is -2.53. The number of hydrazine groups is 1. The lowest BCUT2D eigenvalue weighted by molar-refractivity contribution is -0.126. The van der Waals surface area contributed by atoms with Crippen molar-refractivity contribution < 1.29 is 21.6 Å². The molecular weight excluding hydrogens is 452 g/mol. The molecule has 0 aromatic rings. The van der Waals surface area contributed by atoms with E-state index in [1.807, 2.05) is 0 Å². The fourth-order valence-corrected chi connectivity index (χ4v) is 11.0. The second-order valence-electron chi connectivity index (χ2n) is 10.3.